The molecule has 0 unspecified atom stereocenters. The molecule has 126 valence electrons. The zero-order valence-electron chi connectivity index (χ0n) is 14.3. The molecule has 0 saturated carbocycles. The molecule has 0 spiro atoms. The van der Waals surface area contributed by atoms with Gasteiger partial charge in [0.25, 0.3) is 0 Å². The second-order valence-electron chi connectivity index (χ2n) is 5.72. The van der Waals surface area contributed by atoms with Gasteiger partial charge in [-0.15, -0.1) is 0 Å². The Morgan fingerprint density at radius 3 is 1.71 bits per heavy atom. The Hall–Kier alpha value is -0.610. The highest BCUT2D eigenvalue weighted by Gasteiger charge is 1.97. The van der Waals surface area contributed by atoms with Crippen molar-refractivity contribution in [3.63, 3.8) is 0 Å². The average molecular weight is 300 g/mol. The van der Waals surface area contributed by atoms with Crippen molar-refractivity contribution in [3.8, 4) is 0 Å². The van der Waals surface area contributed by atoms with Crippen molar-refractivity contribution in [1.29, 1.82) is 0 Å². The number of amides is 1. The van der Waals surface area contributed by atoms with E-state index < -0.39 is 0 Å². The van der Waals surface area contributed by atoms with E-state index >= 15 is 0 Å². The molecule has 0 rings (SSSR count). The van der Waals surface area contributed by atoms with E-state index in [1.165, 1.54) is 38.5 Å². The Labute approximate surface area is 131 Å². The summed E-state index contributed by atoms with van der Waals surface area (Å²) in [5, 5.41) is 9.89. The maximum Gasteiger partial charge on any atom is 0.219 e. The maximum absolute atomic E-state index is 11.2. The van der Waals surface area contributed by atoms with Gasteiger partial charge in [0.05, 0.1) is 0 Å². The topological polar surface area (TPSA) is 53.2 Å². The van der Waals surface area contributed by atoms with Crippen molar-refractivity contribution in [2.75, 3.05) is 32.7 Å². The van der Waals surface area contributed by atoms with Crippen LogP contribution in [-0.4, -0.2) is 38.6 Å². The molecule has 4 heteroatoms. The predicted molar refractivity (Wildman–Crippen MR) is 91.7 cm³/mol. The van der Waals surface area contributed by atoms with Gasteiger partial charge in [-0.25, -0.2) is 0 Å². The van der Waals surface area contributed by atoms with E-state index in [0.717, 1.165) is 45.6 Å². The highest BCUT2D eigenvalue weighted by Crippen LogP contribution is 1.95. The Morgan fingerprint density at radius 2 is 1.19 bits per heavy atom. The van der Waals surface area contributed by atoms with E-state index in [4.69, 9.17) is 0 Å². The fourth-order valence-corrected chi connectivity index (χ4v) is 2.20. The Balaban J connectivity index is 3.01. The summed E-state index contributed by atoms with van der Waals surface area (Å²) in [5.41, 5.74) is 0. The highest BCUT2D eigenvalue weighted by molar-refractivity contribution is 5.75. The summed E-state index contributed by atoms with van der Waals surface area (Å²) in [6.07, 6.45) is 10.2. The van der Waals surface area contributed by atoms with Crippen molar-refractivity contribution in [2.24, 2.45) is 0 Å². The first-order valence-electron chi connectivity index (χ1n) is 8.99. The zero-order chi connectivity index (χ0) is 15.6. The largest absolute Gasteiger partial charge is 0.356 e. The molecule has 0 radical (unpaired) electrons. The molecule has 0 aromatic heterocycles. The van der Waals surface area contributed by atoms with E-state index in [1.54, 1.807) is 0 Å². The van der Waals surface area contributed by atoms with E-state index in [0.29, 0.717) is 6.42 Å². The van der Waals surface area contributed by atoms with Crippen LogP contribution in [-0.2, 0) is 4.79 Å². The van der Waals surface area contributed by atoms with E-state index in [2.05, 4.69) is 22.9 Å². The van der Waals surface area contributed by atoms with Crippen molar-refractivity contribution < 1.29 is 4.79 Å². The lowest BCUT2D eigenvalue weighted by molar-refractivity contribution is -0.121. The van der Waals surface area contributed by atoms with Crippen LogP contribution in [0.3, 0.4) is 0 Å². The van der Waals surface area contributed by atoms with Crippen LogP contribution in [0.2, 0.25) is 0 Å². The molecule has 0 heterocycles. The number of hydrogen-bond acceptors (Lipinski definition) is 3. The zero-order valence-corrected chi connectivity index (χ0v) is 14.3. The monoisotopic (exact) mass is 299 g/mol. The molecule has 0 fully saturated rings. The minimum absolute atomic E-state index is 0.198. The number of carbonyl (C=O) groups excluding carboxylic acids is 1. The number of hydrogen-bond donors (Lipinski definition) is 3. The summed E-state index contributed by atoms with van der Waals surface area (Å²) in [6.45, 7) is 9.64. The fraction of sp³-hybridized carbons (Fsp3) is 0.941. The summed E-state index contributed by atoms with van der Waals surface area (Å²) in [7, 11) is 0. The van der Waals surface area contributed by atoms with Crippen LogP contribution in [0.4, 0.5) is 0 Å². The van der Waals surface area contributed by atoms with Crippen LogP contribution >= 0.6 is 0 Å². The van der Waals surface area contributed by atoms with Gasteiger partial charge in [0.15, 0.2) is 0 Å². The SMILES string of the molecule is CCCNCCCCCNCCCCCNC(=O)CCC. The van der Waals surface area contributed by atoms with Crippen LogP contribution in [0.25, 0.3) is 0 Å². The predicted octanol–water partition coefficient (Wildman–Crippen LogP) is 2.83. The van der Waals surface area contributed by atoms with E-state index in [1.807, 2.05) is 6.92 Å². The molecule has 0 atom stereocenters. The lowest BCUT2D eigenvalue weighted by Crippen LogP contribution is -2.24. The number of rotatable bonds is 16. The normalized spacial score (nSPS) is 10.8. The summed E-state index contributed by atoms with van der Waals surface area (Å²) in [5.74, 6) is 0.198. The third-order valence-electron chi connectivity index (χ3n) is 3.46. The molecule has 0 aromatic rings. The van der Waals surface area contributed by atoms with Gasteiger partial charge >= 0.3 is 0 Å². The van der Waals surface area contributed by atoms with Gasteiger partial charge in [-0.05, 0) is 64.7 Å². The van der Waals surface area contributed by atoms with Gasteiger partial charge in [-0.3, -0.25) is 4.79 Å². The number of carbonyl (C=O) groups is 1. The van der Waals surface area contributed by atoms with Gasteiger partial charge in [0.1, 0.15) is 0 Å². The number of nitrogens with one attached hydrogen (secondary N) is 3. The van der Waals surface area contributed by atoms with Crippen molar-refractivity contribution in [1.82, 2.24) is 16.0 Å². The van der Waals surface area contributed by atoms with E-state index in [-0.39, 0.29) is 5.91 Å². The molecular weight excluding hydrogens is 262 g/mol. The average Bonchev–Trinajstić information content (AvgIpc) is 2.48. The summed E-state index contributed by atoms with van der Waals surface area (Å²) in [6, 6.07) is 0. The van der Waals surface area contributed by atoms with Gasteiger partial charge in [-0.1, -0.05) is 26.7 Å². The van der Waals surface area contributed by atoms with Crippen molar-refractivity contribution >= 4 is 5.91 Å². The fourth-order valence-electron chi connectivity index (χ4n) is 2.20. The van der Waals surface area contributed by atoms with Crippen LogP contribution in [0.5, 0.6) is 0 Å². The minimum atomic E-state index is 0.198. The molecule has 0 aliphatic carbocycles. The highest BCUT2D eigenvalue weighted by atomic mass is 16.1. The smallest absolute Gasteiger partial charge is 0.219 e. The molecule has 0 aromatic carbocycles. The second-order valence-corrected chi connectivity index (χ2v) is 5.72. The second kappa shape index (κ2) is 17.4. The molecule has 3 N–H and O–H groups in total. The first-order chi connectivity index (χ1) is 10.3. The summed E-state index contributed by atoms with van der Waals surface area (Å²) in [4.78, 5) is 11.2. The third kappa shape index (κ3) is 17.3. The van der Waals surface area contributed by atoms with Gasteiger partial charge in [0, 0.05) is 13.0 Å². The van der Waals surface area contributed by atoms with Crippen molar-refractivity contribution in [3.05, 3.63) is 0 Å². The molecule has 1 amide bonds. The Bertz CT molecular complexity index is 222. The summed E-state index contributed by atoms with van der Waals surface area (Å²) >= 11 is 0. The quantitative estimate of drug-likeness (QED) is 0.384. The van der Waals surface area contributed by atoms with Crippen molar-refractivity contribution in [2.45, 2.75) is 71.6 Å². The molecule has 0 aliphatic rings. The molecular formula is C17H37N3O. The first-order valence-corrected chi connectivity index (χ1v) is 8.99. The lowest BCUT2D eigenvalue weighted by atomic mass is 10.2. The molecule has 4 nitrogen and oxygen atoms in total. The van der Waals surface area contributed by atoms with Gasteiger partial charge in [-0.2, -0.15) is 0 Å². The molecule has 21 heavy (non-hydrogen) atoms. The first kappa shape index (κ1) is 20.4. The number of unbranched alkanes of at least 4 members (excludes halogenated alkanes) is 4. The molecule has 0 saturated heterocycles. The molecule has 0 aliphatic heterocycles. The Kier molecular flexibility index (Phi) is 16.9. The van der Waals surface area contributed by atoms with Crippen LogP contribution in [0.15, 0.2) is 0 Å². The third-order valence-corrected chi connectivity index (χ3v) is 3.46. The van der Waals surface area contributed by atoms with Crippen LogP contribution in [0.1, 0.15) is 71.6 Å². The maximum atomic E-state index is 11.2. The van der Waals surface area contributed by atoms with E-state index in [9.17, 15) is 4.79 Å². The Morgan fingerprint density at radius 1 is 0.667 bits per heavy atom. The molecule has 0 bridgehead atoms. The van der Waals surface area contributed by atoms with Gasteiger partial charge in [0.2, 0.25) is 5.91 Å². The lowest BCUT2D eigenvalue weighted by Gasteiger charge is -2.06. The minimum Gasteiger partial charge on any atom is -0.356 e. The summed E-state index contributed by atoms with van der Waals surface area (Å²) < 4.78 is 0. The van der Waals surface area contributed by atoms with Crippen LogP contribution in [0, 0.1) is 0 Å². The standard InChI is InChI=1S/C17H37N3O/c1-3-11-17(21)20-16-10-6-9-15-19-14-8-5-7-13-18-12-4-2/h18-19H,3-16H2,1-2H3,(H,20,21). The van der Waals surface area contributed by atoms with Gasteiger partial charge < -0.3 is 16.0 Å². The van der Waals surface area contributed by atoms with Crippen LogP contribution < -0.4 is 16.0 Å².